The second-order valence-electron chi connectivity index (χ2n) is 4.57. The first kappa shape index (κ1) is 10.7. The topological polar surface area (TPSA) is 6.48 Å². The van der Waals surface area contributed by atoms with Crippen molar-refractivity contribution in [2.45, 2.75) is 38.1 Å². The fourth-order valence-corrected chi connectivity index (χ4v) is 2.93. The van der Waals surface area contributed by atoms with Gasteiger partial charge in [0, 0.05) is 19.1 Å². The van der Waals surface area contributed by atoms with Crippen LogP contribution in [0, 0.1) is 0 Å². The molecule has 0 radical (unpaired) electrons. The van der Waals surface area contributed by atoms with E-state index in [-0.39, 0.29) is 0 Å². The maximum Gasteiger partial charge on any atom is 0.0738 e. The number of hydrogen-bond acceptors (Lipinski definition) is 2. The van der Waals surface area contributed by atoms with Gasteiger partial charge in [-0.1, -0.05) is 6.42 Å². The number of likely N-dealkylation sites (tertiary alicyclic amines) is 2. The van der Waals surface area contributed by atoms with E-state index in [1.807, 2.05) is 0 Å². The van der Waals surface area contributed by atoms with E-state index in [1.165, 1.54) is 58.3 Å². The quantitative estimate of drug-likeness (QED) is 0.516. The average molecular weight is 217 g/mol. The number of alkyl halides is 1. The zero-order chi connectivity index (χ0) is 9.80. The molecule has 0 amide bonds. The highest BCUT2D eigenvalue weighted by molar-refractivity contribution is 6.17. The molecule has 0 saturated carbocycles. The molecule has 0 spiro atoms. The molecule has 82 valence electrons. The van der Waals surface area contributed by atoms with Crippen LogP contribution in [0.25, 0.3) is 0 Å². The SMILES string of the molecule is ClCN1CCC(N2CCCCC2)CC1. The van der Waals surface area contributed by atoms with Crippen LogP contribution < -0.4 is 0 Å². The van der Waals surface area contributed by atoms with Crippen molar-refractivity contribution >= 4 is 11.6 Å². The van der Waals surface area contributed by atoms with Crippen molar-refractivity contribution in [2.75, 3.05) is 32.2 Å². The van der Waals surface area contributed by atoms with E-state index in [1.54, 1.807) is 0 Å². The third-order valence-electron chi connectivity index (χ3n) is 3.63. The van der Waals surface area contributed by atoms with Crippen molar-refractivity contribution in [1.82, 2.24) is 9.80 Å². The molecule has 2 saturated heterocycles. The molecule has 0 aliphatic carbocycles. The van der Waals surface area contributed by atoms with Crippen LogP contribution in [0.15, 0.2) is 0 Å². The van der Waals surface area contributed by atoms with Crippen molar-refractivity contribution in [1.29, 1.82) is 0 Å². The predicted octanol–water partition coefficient (Wildman–Crippen LogP) is 2.13. The lowest BCUT2D eigenvalue weighted by Gasteiger charge is -2.39. The van der Waals surface area contributed by atoms with Gasteiger partial charge in [0.25, 0.3) is 0 Å². The fourth-order valence-electron chi connectivity index (χ4n) is 2.69. The van der Waals surface area contributed by atoms with E-state index in [4.69, 9.17) is 11.6 Å². The Balaban J connectivity index is 1.76. The molecule has 0 aromatic carbocycles. The highest BCUT2D eigenvalue weighted by Gasteiger charge is 2.24. The Bertz CT molecular complexity index is 161. The summed E-state index contributed by atoms with van der Waals surface area (Å²) >= 11 is 5.83. The summed E-state index contributed by atoms with van der Waals surface area (Å²) in [5.74, 6) is 0. The summed E-state index contributed by atoms with van der Waals surface area (Å²) in [6.07, 6.45) is 6.92. The molecular formula is C11H21ClN2. The van der Waals surface area contributed by atoms with Crippen molar-refractivity contribution in [2.24, 2.45) is 0 Å². The molecule has 2 aliphatic heterocycles. The van der Waals surface area contributed by atoms with Gasteiger partial charge >= 0.3 is 0 Å². The minimum atomic E-state index is 0.715. The second kappa shape index (κ2) is 5.34. The predicted molar refractivity (Wildman–Crippen MR) is 60.7 cm³/mol. The number of hydrogen-bond donors (Lipinski definition) is 0. The summed E-state index contributed by atoms with van der Waals surface area (Å²) in [5, 5.41) is 0. The molecule has 2 heterocycles. The van der Waals surface area contributed by atoms with Gasteiger partial charge < -0.3 is 4.90 Å². The highest BCUT2D eigenvalue weighted by Crippen LogP contribution is 2.20. The Labute approximate surface area is 92.2 Å². The van der Waals surface area contributed by atoms with Crippen molar-refractivity contribution in [3.05, 3.63) is 0 Å². The lowest BCUT2D eigenvalue weighted by molar-refractivity contribution is 0.1000. The Morgan fingerprint density at radius 1 is 0.929 bits per heavy atom. The van der Waals surface area contributed by atoms with Gasteiger partial charge in [-0.05, 0) is 38.8 Å². The minimum absolute atomic E-state index is 0.715. The molecule has 0 bridgehead atoms. The number of nitrogens with zero attached hydrogens (tertiary/aromatic N) is 2. The molecular weight excluding hydrogens is 196 g/mol. The van der Waals surface area contributed by atoms with Gasteiger partial charge in [0.2, 0.25) is 0 Å². The van der Waals surface area contributed by atoms with Crippen LogP contribution in [-0.4, -0.2) is 48.0 Å². The first-order chi connectivity index (χ1) is 6.90. The molecule has 2 rings (SSSR count). The largest absolute Gasteiger partial charge is 0.300 e. The summed E-state index contributed by atoms with van der Waals surface area (Å²) in [5.41, 5.74) is 0. The second-order valence-corrected chi connectivity index (χ2v) is 4.80. The third-order valence-corrected chi connectivity index (χ3v) is 3.97. The normalized spacial score (nSPS) is 28.1. The maximum absolute atomic E-state index is 5.83. The molecule has 0 atom stereocenters. The van der Waals surface area contributed by atoms with Crippen LogP contribution >= 0.6 is 11.6 Å². The zero-order valence-corrected chi connectivity index (χ0v) is 9.68. The summed E-state index contributed by atoms with van der Waals surface area (Å²) in [7, 11) is 0. The van der Waals surface area contributed by atoms with E-state index in [0.29, 0.717) is 6.00 Å². The summed E-state index contributed by atoms with van der Waals surface area (Å²) in [6, 6.07) is 1.57. The van der Waals surface area contributed by atoms with E-state index >= 15 is 0 Å². The van der Waals surface area contributed by atoms with Gasteiger partial charge in [0.1, 0.15) is 0 Å². The number of rotatable bonds is 2. The summed E-state index contributed by atoms with van der Waals surface area (Å²) in [4.78, 5) is 5.05. The van der Waals surface area contributed by atoms with E-state index in [0.717, 1.165) is 6.04 Å². The lowest BCUT2D eigenvalue weighted by atomic mass is 10.0. The molecule has 3 heteroatoms. The standard InChI is InChI=1S/C11H21ClN2/c12-10-13-8-4-11(5-9-13)14-6-2-1-3-7-14/h11H,1-10H2. The minimum Gasteiger partial charge on any atom is -0.300 e. The van der Waals surface area contributed by atoms with Gasteiger partial charge in [-0.15, -0.1) is 11.6 Å². The summed E-state index contributed by atoms with van der Waals surface area (Å²) in [6.45, 7) is 5.08. The van der Waals surface area contributed by atoms with Crippen molar-refractivity contribution in [3.8, 4) is 0 Å². The third kappa shape index (κ3) is 2.62. The van der Waals surface area contributed by atoms with Gasteiger partial charge in [0.05, 0.1) is 6.00 Å². The highest BCUT2D eigenvalue weighted by atomic mass is 35.5. The van der Waals surface area contributed by atoms with Crippen molar-refractivity contribution in [3.63, 3.8) is 0 Å². The summed E-state index contributed by atoms with van der Waals surface area (Å²) < 4.78 is 0. The van der Waals surface area contributed by atoms with Crippen LogP contribution in [0.4, 0.5) is 0 Å². The molecule has 2 nitrogen and oxygen atoms in total. The monoisotopic (exact) mass is 216 g/mol. The molecule has 14 heavy (non-hydrogen) atoms. The van der Waals surface area contributed by atoms with E-state index in [9.17, 15) is 0 Å². The van der Waals surface area contributed by atoms with Gasteiger partial charge in [-0.3, -0.25) is 4.90 Å². The average Bonchev–Trinajstić information content (AvgIpc) is 2.30. The van der Waals surface area contributed by atoms with Crippen LogP contribution in [0.1, 0.15) is 32.1 Å². The Morgan fingerprint density at radius 2 is 1.57 bits per heavy atom. The van der Waals surface area contributed by atoms with E-state index < -0.39 is 0 Å². The first-order valence-corrected chi connectivity index (χ1v) is 6.46. The zero-order valence-electron chi connectivity index (χ0n) is 8.92. The Kier molecular flexibility index (Phi) is 4.09. The molecule has 2 fully saturated rings. The van der Waals surface area contributed by atoms with Crippen LogP contribution in [-0.2, 0) is 0 Å². The molecule has 0 aromatic heterocycles. The van der Waals surface area contributed by atoms with Gasteiger partial charge in [-0.2, -0.15) is 0 Å². The first-order valence-electron chi connectivity index (χ1n) is 5.92. The van der Waals surface area contributed by atoms with Gasteiger partial charge in [-0.25, -0.2) is 0 Å². The maximum atomic E-state index is 5.83. The lowest BCUT2D eigenvalue weighted by Crippen LogP contribution is -2.46. The molecule has 2 aliphatic rings. The number of halogens is 1. The van der Waals surface area contributed by atoms with Crippen LogP contribution in [0.5, 0.6) is 0 Å². The number of piperidine rings is 2. The van der Waals surface area contributed by atoms with Crippen LogP contribution in [0.2, 0.25) is 0 Å². The molecule has 0 unspecified atom stereocenters. The smallest absolute Gasteiger partial charge is 0.0738 e. The van der Waals surface area contributed by atoms with Crippen molar-refractivity contribution < 1.29 is 0 Å². The molecule has 0 aromatic rings. The molecule has 0 N–H and O–H groups in total. The Hall–Kier alpha value is 0.210. The van der Waals surface area contributed by atoms with Gasteiger partial charge in [0.15, 0.2) is 0 Å². The van der Waals surface area contributed by atoms with Crippen LogP contribution in [0.3, 0.4) is 0 Å². The van der Waals surface area contributed by atoms with E-state index in [2.05, 4.69) is 9.80 Å². The fraction of sp³-hybridized carbons (Fsp3) is 1.00. The Morgan fingerprint density at radius 3 is 2.14 bits per heavy atom.